The van der Waals surface area contributed by atoms with E-state index in [-0.39, 0.29) is 17.6 Å². The molecular formula is C15H20FNO2. The van der Waals surface area contributed by atoms with Crippen LogP contribution in [0, 0.1) is 18.7 Å². The van der Waals surface area contributed by atoms with Crippen LogP contribution < -0.4 is 0 Å². The molecule has 1 heterocycles. The molecule has 0 aromatic heterocycles. The van der Waals surface area contributed by atoms with E-state index < -0.39 is 0 Å². The van der Waals surface area contributed by atoms with Gasteiger partial charge in [0.15, 0.2) is 0 Å². The molecule has 1 atom stereocenters. The highest BCUT2D eigenvalue weighted by molar-refractivity contribution is 5.78. The minimum atomic E-state index is -0.173. The summed E-state index contributed by atoms with van der Waals surface area (Å²) in [7, 11) is 1.63. The number of methoxy groups -OCH3 is 1. The number of hydrogen-bond donors (Lipinski definition) is 0. The number of amides is 1. The van der Waals surface area contributed by atoms with E-state index in [0.29, 0.717) is 38.1 Å². The number of aryl methyl sites for hydroxylation is 1. The van der Waals surface area contributed by atoms with Crippen LogP contribution in [0.5, 0.6) is 0 Å². The van der Waals surface area contributed by atoms with Gasteiger partial charge in [-0.3, -0.25) is 4.79 Å². The van der Waals surface area contributed by atoms with Gasteiger partial charge in [0, 0.05) is 26.6 Å². The molecule has 1 fully saturated rings. The van der Waals surface area contributed by atoms with Gasteiger partial charge in [0.2, 0.25) is 5.91 Å². The van der Waals surface area contributed by atoms with Crippen molar-refractivity contribution in [1.29, 1.82) is 0 Å². The molecule has 104 valence electrons. The second kappa shape index (κ2) is 6.15. The van der Waals surface area contributed by atoms with E-state index in [9.17, 15) is 9.18 Å². The highest BCUT2D eigenvalue weighted by Crippen LogP contribution is 2.23. The van der Waals surface area contributed by atoms with E-state index in [1.165, 1.54) is 6.07 Å². The van der Waals surface area contributed by atoms with Crippen molar-refractivity contribution >= 4 is 5.91 Å². The Bertz CT molecular complexity index is 461. The van der Waals surface area contributed by atoms with Crippen LogP contribution in [0.2, 0.25) is 0 Å². The van der Waals surface area contributed by atoms with Gasteiger partial charge in [-0.25, -0.2) is 4.39 Å². The summed E-state index contributed by atoms with van der Waals surface area (Å²) >= 11 is 0. The van der Waals surface area contributed by atoms with Gasteiger partial charge in [-0.1, -0.05) is 17.7 Å². The summed E-state index contributed by atoms with van der Waals surface area (Å²) in [5.74, 6) is 0.184. The van der Waals surface area contributed by atoms with E-state index in [2.05, 4.69) is 0 Å². The summed E-state index contributed by atoms with van der Waals surface area (Å²) in [5.41, 5.74) is 1.77. The van der Waals surface area contributed by atoms with E-state index in [1.54, 1.807) is 13.2 Å². The SMILES string of the molecule is COCCN1CC(Cc2cc(C)ccc2F)CC1=O. The number of benzene rings is 1. The van der Waals surface area contributed by atoms with Crippen molar-refractivity contribution in [2.75, 3.05) is 26.8 Å². The topological polar surface area (TPSA) is 29.5 Å². The van der Waals surface area contributed by atoms with Crippen molar-refractivity contribution in [2.24, 2.45) is 5.92 Å². The van der Waals surface area contributed by atoms with E-state index >= 15 is 0 Å². The van der Waals surface area contributed by atoms with Gasteiger partial charge in [0.25, 0.3) is 0 Å². The highest BCUT2D eigenvalue weighted by atomic mass is 19.1. The maximum absolute atomic E-state index is 13.7. The van der Waals surface area contributed by atoms with E-state index in [0.717, 1.165) is 5.56 Å². The van der Waals surface area contributed by atoms with Crippen molar-refractivity contribution in [3.05, 3.63) is 35.1 Å². The lowest BCUT2D eigenvalue weighted by Gasteiger charge is -2.16. The lowest BCUT2D eigenvalue weighted by atomic mass is 9.97. The number of halogens is 1. The molecule has 0 bridgehead atoms. The predicted octanol–water partition coefficient (Wildman–Crippen LogP) is 2.17. The molecule has 2 rings (SSSR count). The smallest absolute Gasteiger partial charge is 0.223 e. The number of hydrogen-bond acceptors (Lipinski definition) is 2. The molecule has 1 amide bonds. The average molecular weight is 265 g/mol. The molecule has 3 nitrogen and oxygen atoms in total. The zero-order valence-corrected chi connectivity index (χ0v) is 11.5. The molecule has 0 radical (unpaired) electrons. The Hall–Kier alpha value is -1.42. The highest BCUT2D eigenvalue weighted by Gasteiger charge is 2.29. The largest absolute Gasteiger partial charge is 0.383 e. The number of carbonyl (C=O) groups excluding carboxylic acids is 1. The minimum absolute atomic E-state index is 0.148. The summed E-state index contributed by atoms with van der Waals surface area (Å²) in [5, 5.41) is 0. The van der Waals surface area contributed by atoms with Crippen LogP contribution in [0.25, 0.3) is 0 Å². The number of rotatable bonds is 5. The number of nitrogens with zero attached hydrogens (tertiary/aromatic N) is 1. The van der Waals surface area contributed by atoms with E-state index in [4.69, 9.17) is 4.74 Å². The normalized spacial score (nSPS) is 19.2. The second-order valence-electron chi connectivity index (χ2n) is 5.20. The van der Waals surface area contributed by atoms with Crippen molar-refractivity contribution < 1.29 is 13.9 Å². The monoisotopic (exact) mass is 265 g/mol. The predicted molar refractivity (Wildman–Crippen MR) is 71.4 cm³/mol. The summed E-state index contributed by atoms with van der Waals surface area (Å²) in [4.78, 5) is 13.6. The van der Waals surface area contributed by atoms with Crippen LogP contribution in [-0.2, 0) is 16.0 Å². The lowest BCUT2D eigenvalue weighted by molar-refractivity contribution is -0.128. The zero-order chi connectivity index (χ0) is 13.8. The van der Waals surface area contributed by atoms with Crippen LogP contribution in [-0.4, -0.2) is 37.6 Å². The van der Waals surface area contributed by atoms with Crippen molar-refractivity contribution in [3.63, 3.8) is 0 Å². The first-order chi connectivity index (χ1) is 9.10. The summed E-state index contributed by atoms with van der Waals surface area (Å²) in [6.07, 6.45) is 1.14. The average Bonchev–Trinajstić information content (AvgIpc) is 2.72. The maximum atomic E-state index is 13.7. The van der Waals surface area contributed by atoms with Gasteiger partial charge in [0.1, 0.15) is 5.82 Å². The van der Waals surface area contributed by atoms with Gasteiger partial charge in [-0.2, -0.15) is 0 Å². The Morgan fingerprint density at radius 1 is 1.47 bits per heavy atom. The quantitative estimate of drug-likeness (QED) is 0.816. The fourth-order valence-electron chi connectivity index (χ4n) is 2.58. The Morgan fingerprint density at radius 3 is 3.00 bits per heavy atom. The Kier molecular flexibility index (Phi) is 4.53. The molecule has 1 aromatic carbocycles. The molecule has 0 aliphatic carbocycles. The van der Waals surface area contributed by atoms with Crippen LogP contribution in [0.1, 0.15) is 17.5 Å². The van der Waals surface area contributed by atoms with Gasteiger partial charge in [-0.05, 0) is 30.9 Å². The maximum Gasteiger partial charge on any atom is 0.223 e. The van der Waals surface area contributed by atoms with Crippen LogP contribution >= 0.6 is 0 Å². The standard InChI is InChI=1S/C15H20FNO2/c1-11-3-4-14(16)13(7-11)8-12-9-15(18)17(10-12)5-6-19-2/h3-4,7,12H,5-6,8-10H2,1-2H3. The number of ether oxygens (including phenoxy) is 1. The Balaban J connectivity index is 1.97. The molecule has 1 aromatic rings. The first kappa shape index (κ1) is 14.0. The summed E-state index contributed by atoms with van der Waals surface area (Å²) < 4.78 is 18.7. The van der Waals surface area contributed by atoms with Gasteiger partial charge >= 0.3 is 0 Å². The first-order valence-electron chi connectivity index (χ1n) is 6.62. The van der Waals surface area contributed by atoms with Gasteiger partial charge in [0.05, 0.1) is 6.61 Å². The molecule has 0 saturated carbocycles. The van der Waals surface area contributed by atoms with Gasteiger partial charge < -0.3 is 9.64 Å². The molecule has 0 N–H and O–H groups in total. The van der Waals surface area contributed by atoms with Crippen molar-refractivity contribution in [3.8, 4) is 0 Å². The molecule has 1 unspecified atom stereocenters. The third-order valence-electron chi connectivity index (χ3n) is 3.57. The molecular weight excluding hydrogens is 245 g/mol. The first-order valence-corrected chi connectivity index (χ1v) is 6.62. The lowest BCUT2D eigenvalue weighted by Crippen LogP contribution is -2.28. The number of carbonyl (C=O) groups is 1. The van der Waals surface area contributed by atoms with E-state index in [1.807, 2.05) is 17.9 Å². The van der Waals surface area contributed by atoms with Gasteiger partial charge in [-0.15, -0.1) is 0 Å². The van der Waals surface area contributed by atoms with Crippen LogP contribution in [0.4, 0.5) is 4.39 Å². The second-order valence-corrected chi connectivity index (χ2v) is 5.20. The number of likely N-dealkylation sites (tertiary alicyclic amines) is 1. The molecule has 0 spiro atoms. The minimum Gasteiger partial charge on any atom is -0.383 e. The fourth-order valence-corrected chi connectivity index (χ4v) is 2.58. The summed E-state index contributed by atoms with van der Waals surface area (Å²) in [6, 6.07) is 5.14. The molecule has 1 aliphatic heterocycles. The zero-order valence-electron chi connectivity index (χ0n) is 11.5. The summed E-state index contributed by atoms with van der Waals surface area (Å²) in [6.45, 7) is 3.84. The molecule has 19 heavy (non-hydrogen) atoms. The Labute approximate surface area is 113 Å². The third-order valence-corrected chi connectivity index (χ3v) is 3.57. The van der Waals surface area contributed by atoms with Crippen LogP contribution in [0.3, 0.4) is 0 Å². The molecule has 4 heteroatoms. The Morgan fingerprint density at radius 2 is 2.26 bits per heavy atom. The fraction of sp³-hybridized carbons (Fsp3) is 0.533. The van der Waals surface area contributed by atoms with Crippen molar-refractivity contribution in [1.82, 2.24) is 4.90 Å². The molecule has 1 aliphatic rings. The third kappa shape index (κ3) is 3.53. The van der Waals surface area contributed by atoms with Crippen molar-refractivity contribution in [2.45, 2.75) is 19.8 Å². The van der Waals surface area contributed by atoms with Crippen LogP contribution in [0.15, 0.2) is 18.2 Å². The molecule has 1 saturated heterocycles.